The number of halogens is 3. The molecule has 31 heavy (non-hydrogen) atoms. The smallest absolute Gasteiger partial charge is 0.381 e. The van der Waals surface area contributed by atoms with Crippen LogP contribution in [0.3, 0.4) is 0 Å². The lowest BCUT2D eigenvalue weighted by atomic mass is 10.0. The Morgan fingerprint density at radius 3 is 2.39 bits per heavy atom. The fourth-order valence-electron chi connectivity index (χ4n) is 4.82. The number of anilines is 1. The minimum absolute atomic E-state index is 0.0285. The van der Waals surface area contributed by atoms with Crippen LogP contribution < -0.4 is 10.6 Å². The van der Waals surface area contributed by atoms with Gasteiger partial charge in [0.05, 0.1) is 16.1 Å². The Hall–Kier alpha value is -2.59. The molecule has 1 saturated carbocycles. The zero-order valence-electron chi connectivity index (χ0n) is 16.4. The standard InChI is InChI=1S/C21H21F3N4O2S/c22-21(23,24)18-12-26-20-17(19(18)27-15-8-13-10-25-11-14(13)9-15)6-7-28(20)31(29,30)16-4-2-1-3-5-16/h1-7,12-15,25H,8-11H2,(H,26,27)/t13-,14?,15+/m1/s1. The van der Waals surface area contributed by atoms with Gasteiger partial charge in [0.2, 0.25) is 0 Å². The summed E-state index contributed by atoms with van der Waals surface area (Å²) in [6, 6.07) is 9.04. The quantitative estimate of drug-likeness (QED) is 0.634. The van der Waals surface area contributed by atoms with Crippen LogP contribution in [0.25, 0.3) is 11.0 Å². The topological polar surface area (TPSA) is 76.0 Å². The van der Waals surface area contributed by atoms with E-state index in [2.05, 4.69) is 15.6 Å². The number of hydrogen-bond acceptors (Lipinski definition) is 5. The van der Waals surface area contributed by atoms with Crippen molar-refractivity contribution in [2.75, 3.05) is 18.4 Å². The van der Waals surface area contributed by atoms with E-state index in [1.54, 1.807) is 18.2 Å². The summed E-state index contributed by atoms with van der Waals surface area (Å²) in [6.07, 6.45) is -1.07. The molecule has 2 aliphatic rings. The lowest BCUT2D eigenvalue weighted by Gasteiger charge is -2.20. The van der Waals surface area contributed by atoms with Crippen LogP contribution in [-0.2, 0) is 16.2 Å². The fraction of sp³-hybridized carbons (Fsp3) is 0.381. The van der Waals surface area contributed by atoms with Crippen molar-refractivity contribution in [3.05, 3.63) is 54.4 Å². The van der Waals surface area contributed by atoms with Crippen LogP contribution in [0.1, 0.15) is 18.4 Å². The first kappa shape index (κ1) is 20.3. The third kappa shape index (κ3) is 3.47. The lowest BCUT2D eigenvalue weighted by Crippen LogP contribution is -2.23. The number of fused-ring (bicyclic) bond motifs is 2. The highest BCUT2D eigenvalue weighted by Gasteiger charge is 2.40. The maximum absolute atomic E-state index is 13.8. The molecule has 0 bridgehead atoms. The van der Waals surface area contributed by atoms with E-state index in [9.17, 15) is 21.6 Å². The van der Waals surface area contributed by atoms with Crippen molar-refractivity contribution in [1.82, 2.24) is 14.3 Å². The van der Waals surface area contributed by atoms with Crippen LogP contribution in [0, 0.1) is 11.8 Å². The summed E-state index contributed by atoms with van der Waals surface area (Å²) in [5.41, 5.74) is -1.01. The number of aromatic nitrogens is 2. The molecule has 1 aliphatic carbocycles. The summed E-state index contributed by atoms with van der Waals surface area (Å²) in [5.74, 6) is 0.902. The first-order chi connectivity index (χ1) is 14.7. The van der Waals surface area contributed by atoms with E-state index in [1.807, 2.05) is 0 Å². The van der Waals surface area contributed by atoms with Crippen molar-refractivity contribution in [1.29, 1.82) is 0 Å². The normalized spacial score (nSPS) is 23.9. The van der Waals surface area contributed by atoms with E-state index in [0.29, 0.717) is 11.8 Å². The molecule has 1 unspecified atom stereocenters. The van der Waals surface area contributed by atoms with Crippen molar-refractivity contribution in [2.24, 2.45) is 11.8 Å². The summed E-state index contributed by atoms with van der Waals surface area (Å²) in [6.45, 7) is 1.76. The van der Waals surface area contributed by atoms with Crippen LogP contribution in [-0.4, -0.2) is 36.5 Å². The molecular formula is C21H21F3N4O2S. The van der Waals surface area contributed by atoms with Crippen molar-refractivity contribution in [3.8, 4) is 0 Å². The molecule has 5 rings (SSSR count). The third-order valence-electron chi connectivity index (χ3n) is 6.29. The summed E-state index contributed by atoms with van der Waals surface area (Å²) < 4.78 is 68.4. The van der Waals surface area contributed by atoms with Gasteiger partial charge in [0, 0.05) is 23.8 Å². The van der Waals surface area contributed by atoms with Crippen molar-refractivity contribution in [2.45, 2.75) is 30.0 Å². The maximum Gasteiger partial charge on any atom is 0.419 e. The molecule has 1 aliphatic heterocycles. The molecule has 3 atom stereocenters. The molecule has 1 aromatic carbocycles. The molecule has 3 heterocycles. The number of rotatable bonds is 4. The van der Waals surface area contributed by atoms with Gasteiger partial charge < -0.3 is 10.6 Å². The van der Waals surface area contributed by atoms with E-state index >= 15 is 0 Å². The van der Waals surface area contributed by atoms with Gasteiger partial charge in [-0.05, 0) is 56.0 Å². The summed E-state index contributed by atoms with van der Waals surface area (Å²) >= 11 is 0. The SMILES string of the molecule is O=S(=O)(c1ccccc1)n1ccc2c(N[C@@H]3CC4CNC[C@H]4C3)c(C(F)(F)F)cnc21. The summed E-state index contributed by atoms with van der Waals surface area (Å²) in [5, 5.41) is 6.56. The highest BCUT2D eigenvalue weighted by atomic mass is 32.2. The first-order valence-corrected chi connectivity index (χ1v) is 11.5. The minimum Gasteiger partial charge on any atom is -0.381 e. The lowest BCUT2D eigenvalue weighted by molar-refractivity contribution is -0.137. The minimum atomic E-state index is -4.61. The highest BCUT2D eigenvalue weighted by molar-refractivity contribution is 7.90. The molecule has 1 saturated heterocycles. The average molecular weight is 450 g/mol. The number of alkyl halides is 3. The number of nitrogens with zero attached hydrogens (tertiary/aromatic N) is 2. The Kier molecular flexibility index (Phi) is 4.74. The molecule has 164 valence electrons. The largest absolute Gasteiger partial charge is 0.419 e. The zero-order chi connectivity index (χ0) is 21.8. The second-order valence-electron chi connectivity index (χ2n) is 8.20. The molecule has 0 spiro atoms. The van der Waals surface area contributed by atoms with E-state index < -0.39 is 21.8 Å². The molecular weight excluding hydrogens is 429 g/mol. The van der Waals surface area contributed by atoms with Crippen LogP contribution in [0.5, 0.6) is 0 Å². The molecule has 6 nitrogen and oxygen atoms in total. The predicted molar refractivity (Wildman–Crippen MR) is 110 cm³/mol. The van der Waals surface area contributed by atoms with E-state index in [1.165, 1.54) is 24.4 Å². The Morgan fingerprint density at radius 1 is 1.06 bits per heavy atom. The first-order valence-electron chi connectivity index (χ1n) is 10.1. The number of pyridine rings is 1. The van der Waals surface area contributed by atoms with Gasteiger partial charge >= 0.3 is 6.18 Å². The van der Waals surface area contributed by atoms with Gasteiger partial charge in [-0.1, -0.05) is 18.2 Å². The number of benzene rings is 1. The average Bonchev–Trinajstić information content (AvgIpc) is 3.42. The highest BCUT2D eigenvalue weighted by Crippen LogP contribution is 2.42. The van der Waals surface area contributed by atoms with Gasteiger partial charge in [-0.3, -0.25) is 0 Å². The third-order valence-corrected chi connectivity index (χ3v) is 7.97. The number of nitrogens with one attached hydrogen (secondary N) is 2. The number of hydrogen-bond donors (Lipinski definition) is 2. The van der Waals surface area contributed by atoms with E-state index in [4.69, 9.17) is 0 Å². The van der Waals surface area contributed by atoms with E-state index in [0.717, 1.165) is 36.1 Å². The maximum atomic E-state index is 13.8. The predicted octanol–water partition coefficient (Wildman–Crippen LogP) is 3.70. The van der Waals surface area contributed by atoms with Crippen LogP contribution >= 0.6 is 0 Å². The molecule has 2 aromatic heterocycles. The molecule has 3 aromatic rings. The van der Waals surface area contributed by atoms with Gasteiger partial charge in [0.15, 0.2) is 5.65 Å². The molecule has 0 radical (unpaired) electrons. The second kappa shape index (κ2) is 7.23. The molecule has 10 heteroatoms. The van der Waals surface area contributed by atoms with Gasteiger partial charge in [0.25, 0.3) is 10.0 Å². The van der Waals surface area contributed by atoms with Crippen molar-refractivity contribution < 1.29 is 21.6 Å². The Balaban J connectivity index is 1.60. The van der Waals surface area contributed by atoms with Gasteiger partial charge in [-0.2, -0.15) is 13.2 Å². The second-order valence-corrected chi connectivity index (χ2v) is 10.0. The summed E-state index contributed by atoms with van der Waals surface area (Å²) in [7, 11) is -3.99. The van der Waals surface area contributed by atoms with Crippen molar-refractivity contribution >= 4 is 26.7 Å². The summed E-state index contributed by atoms with van der Waals surface area (Å²) in [4.78, 5) is 3.95. The van der Waals surface area contributed by atoms with Gasteiger partial charge in [-0.25, -0.2) is 17.4 Å². The Morgan fingerprint density at radius 2 is 1.74 bits per heavy atom. The van der Waals surface area contributed by atoms with Crippen molar-refractivity contribution in [3.63, 3.8) is 0 Å². The monoisotopic (exact) mass is 450 g/mol. The molecule has 2 fully saturated rings. The van der Waals surface area contributed by atoms with Crippen LogP contribution in [0.4, 0.5) is 18.9 Å². The Bertz CT molecular complexity index is 1210. The molecule has 2 N–H and O–H groups in total. The van der Waals surface area contributed by atoms with E-state index in [-0.39, 0.29) is 27.7 Å². The van der Waals surface area contributed by atoms with Crippen LogP contribution in [0.2, 0.25) is 0 Å². The van der Waals surface area contributed by atoms with Gasteiger partial charge in [-0.15, -0.1) is 0 Å². The zero-order valence-corrected chi connectivity index (χ0v) is 17.2. The Labute approximate surface area is 177 Å². The van der Waals surface area contributed by atoms with Gasteiger partial charge in [0.1, 0.15) is 0 Å². The van der Waals surface area contributed by atoms with Crippen LogP contribution in [0.15, 0.2) is 53.7 Å². The fourth-order valence-corrected chi connectivity index (χ4v) is 6.14. The molecule has 0 amide bonds.